The molecule has 0 radical (unpaired) electrons. The summed E-state index contributed by atoms with van der Waals surface area (Å²) in [6.07, 6.45) is 6.54. The quantitative estimate of drug-likeness (QED) is 0.197. The Bertz CT molecular complexity index is 1850. The number of alkyl halides is 3. The highest BCUT2D eigenvalue weighted by molar-refractivity contribution is 6.09. The molecule has 1 fully saturated rings. The third-order valence-electron chi connectivity index (χ3n) is 7.96. The standard InChI is InChI=1S/C30H35F3N12O3/c1-19(31)47-21-5-6-25(48-30(32)33)22(15-21)27-24(36-29(46)23-16-35-44-10-4-9-34-28(23)44)17-43(39-27)18-26-37-40-45(38-26)14-13-42-11-7-20(8-12-42)41(2)3/h4-6,9-10,15-17,19-20,30H,7-8,11-14,18H2,1-3H3,(H,36,46). The van der Waals surface area contributed by atoms with Gasteiger partial charge in [0.1, 0.15) is 29.3 Å². The molecule has 1 amide bonds. The Morgan fingerprint density at radius 2 is 1.94 bits per heavy atom. The Morgan fingerprint density at radius 3 is 2.69 bits per heavy atom. The van der Waals surface area contributed by atoms with Gasteiger partial charge in [0, 0.05) is 38.1 Å². The third-order valence-corrected chi connectivity index (χ3v) is 7.96. The van der Waals surface area contributed by atoms with Crippen molar-refractivity contribution in [2.75, 3.05) is 39.0 Å². The van der Waals surface area contributed by atoms with Crippen molar-refractivity contribution in [3.8, 4) is 22.8 Å². The van der Waals surface area contributed by atoms with Gasteiger partial charge in [-0.25, -0.2) is 13.9 Å². The van der Waals surface area contributed by atoms with Crippen molar-refractivity contribution in [3.05, 3.63) is 60.4 Å². The van der Waals surface area contributed by atoms with Gasteiger partial charge in [0.2, 0.25) is 6.36 Å². The minimum absolute atomic E-state index is 0.0233. The summed E-state index contributed by atoms with van der Waals surface area (Å²) < 4.78 is 53.4. The average Bonchev–Trinajstić information content (AvgIpc) is 3.79. The fraction of sp³-hybridized carbons (Fsp3) is 0.433. The Balaban J connectivity index is 1.26. The molecule has 0 aliphatic carbocycles. The van der Waals surface area contributed by atoms with Crippen LogP contribution < -0.4 is 14.8 Å². The molecule has 48 heavy (non-hydrogen) atoms. The molecule has 1 atom stereocenters. The molecule has 0 bridgehead atoms. The van der Waals surface area contributed by atoms with Crippen LogP contribution in [0, 0.1) is 0 Å². The molecule has 1 aliphatic heterocycles. The lowest BCUT2D eigenvalue weighted by Gasteiger charge is -2.34. The van der Waals surface area contributed by atoms with Crippen LogP contribution in [-0.2, 0) is 13.1 Å². The number of hydrogen-bond donors (Lipinski definition) is 1. The lowest BCUT2D eigenvalue weighted by Crippen LogP contribution is -2.43. The van der Waals surface area contributed by atoms with Crippen molar-refractivity contribution in [1.29, 1.82) is 0 Å². The van der Waals surface area contributed by atoms with Crippen molar-refractivity contribution in [2.24, 2.45) is 0 Å². The summed E-state index contributed by atoms with van der Waals surface area (Å²) in [5.41, 5.74) is 0.676. The molecule has 1 unspecified atom stereocenters. The van der Waals surface area contributed by atoms with Gasteiger partial charge in [0.25, 0.3) is 5.91 Å². The van der Waals surface area contributed by atoms with E-state index in [0.29, 0.717) is 24.1 Å². The van der Waals surface area contributed by atoms with E-state index in [1.807, 2.05) is 0 Å². The molecule has 6 rings (SSSR count). The summed E-state index contributed by atoms with van der Waals surface area (Å²) in [6.45, 7) is 1.37. The average molecular weight is 669 g/mol. The number of tetrazole rings is 1. The van der Waals surface area contributed by atoms with Crippen LogP contribution in [-0.4, -0.2) is 113 Å². The summed E-state index contributed by atoms with van der Waals surface area (Å²) in [6, 6.07) is 6.07. The molecule has 4 aromatic heterocycles. The van der Waals surface area contributed by atoms with Gasteiger partial charge in [-0.1, -0.05) is 0 Å². The number of carbonyl (C=O) groups excluding carboxylic acids is 1. The predicted molar refractivity (Wildman–Crippen MR) is 167 cm³/mol. The van der Waals surface area contributed by atoms with Gasteiger partial charge in [0.05, 0.1) is 24.0 Å². The maximum absolute atomic E-state index is 13.7. The van der Waals surface area contributed by atoms with Crippen LogP contribution in [0.15, 0.2) is 49.1 Å². The second-order valence-corrected chi connectivity index (χ2v) is 11.5. The van der Waals surface area contributed by atoms with E-state index in [9.17, 15) is 18.0 Å². The number of piperidine rings is 1. The van der Waals surface area contributed by atoms with E-state index in [4.69, 9.17) is 9.47 Å². The summed E-state index contributed by atoms with van der Waals surface area (Å²) in [4.78, 5) is 23.8. The zero-order chi connectivity index (χ0) is 33.8. The number of carbonyl (C=O) groups is 1. The third kappa shape index (κ3) is 7.71. The van der Waals surface area contributed by atoms with E-state index >= 15 is 0 Å². The SMILES string of the molecule is CC(F)Oc1ccc(OC(F)F)c(-c2nn(Cc3nnn(CCN4CCC(N(C)C)CC4)n3)cc2NC(=O)c2cnn3cccnc23)c1. The van der Waals surface area contributed by atoms with Crippen LogP contribution in [0.2, 0.25) is 0 Å². The molecular formula is C30H35F3N12O3. The molecule has 254 valence electrons. The number of aromatic nitrogens is 9. The summed E-state index contributed by atoms with van der Waals surface area (Å²) in [7, 11) is 4.21. The smallest absolute Gasteiger partial charge is 0.387 e. The van der Waals surface area contributed by atoms with Gasteiger partial charge in [-0.3, -0.25) is 9.48 Å². The van der Waals surface area contributed by atoms with Gasteiger partial charge >= 0.3 is 6.61 Å². The van der Waals surface area contributed by atoms with E-state index in [2.05, 4.69) is 59.8 Å². The van der Waals surface area contributed by atoms with Gasteiger partial charge in [-0.05, 0) is 69.5 Å². The van der Waals surface area contributed by atoms with Crippen molar-refractivity contribution in [3.63, 3.8) is 0 Å². The number of hydrogen-bond acceptors (Lipinski definition) is 11. The minimum atomic E-state index is -3.17. The van der Waals surface area contributed by atoms with Crippen molar-refractivity contribution >= 4 is 17.2 Å². The molecule has 0 spiro atoms. The van der Waals surface area contributed by atoms with E-state index in [-0.39, 0.29) is 40.6 Å². The number of nitrogens with one attached hydrogen (secondary N) is 1. The van der Waals surface area contributed by atoms with Crippen LogP contribution in [0.25, 0.3) is 16.9 Å². The van der Waals surface area contributed by atoms with Crippen LogP contribution in [0.3, 0.4) is 0 Å². The maximum atomic E-state index is 13.7. The first kappa shape index (κ1) is 32.8. The zero-order valence-corrected chi connectivity index (χ0v) is 26.6. The fourth-order valence-corrected chi connectivity index (χ4v) is 5.59. The molecule has 0 saturated carbocycles. The highest BCUT2D eigenvalue weighted by atomic mass is 19.3. The Hall–Kier alpha value is -5.10. The highest BCUT2D eigenvalue weighted by Crippen LogP contribution is 2.38. The summed E-state index contributed by atoms with van der Waals surface area (Å²) in [5.74, 6) is -0.464. The van der Waals surface area contributed by atoms with E-state index in [1.165, 1.54) is 57.7 Å². The molecule has 1 saturated heterocycles. The summed E-state index contributed by atoms with van der Waals surface area (Å²) in [5, 5.41) is 24.3. The number of fused-ring (bicyclic) bond motifs is 1. The van der Waals surface area contributed by atoms with E-state index in [0.717, 1.165) is 32.5 Å². The normalized spacial score (nSPS) is 15.0. The lowest BCUT2D eigenvalue weighted by atomic mass is 10.0. The zero-order valence-electron chi connectivity index (χ0n) is 26.6. The molecule has 15 nitrogen and oxygen atoms in total. The predicted octanol–water partition coefficient (Wildman–Crippen LogP) is 3.20. The van der Waals surface area contributed by atoms with Gasteiger partial charge in [-0.2, -0.15) is 23.8 Å². The molecule has 1 aliphatic rings. The summed E-state index contributed by atoms with van der Waals surface area (Å²) >= 11 is 0. The molecule has 1 N–H and O–H groups in total. The van der Waals surface area contributed by atoms with E-state index in [1.54, 1.807) is 12.3 Å². The molecule has 18 heteroatoms. The van der Waals surface area contributed by atoms with E-state index < -0.39 is 18.9 Å². The van der Waals surface area contributed by atoms with Crippen LogP contribution >= 0.6 is 0 Å². The van der Waals surface area contributed by atoms with Crippen molar-refractivity contribution in [1.82, 2.24) is 54.4 Å². The first-order chi connectivity index (χ1) is 23.1. The Labute approximate surface area is 273 Å². The number of ether oxygens (including phenoxy) is 2. The monoisotopic (exact) mass is 668 g/mol. The molecular weight excluding hydrogens is 633 g/mol. The van der Waals surface area contributed by atoms with Gasteiger partial charge in [0.15, 0.2) is 11.5 Å². The molecule has 5 aromatic rings. The first-order valence-corrected chi connectivity index (χ1v) is 15.4. The van der Waals surface area contributed by atoms with Crippen LogP contribution in [0.4, 0.5) is 18.9 Å². The second kappa shape index (κ2) is 14.3. The molecule has 1 aromatic carbocycles. The maximum Gasteiger partial charge on any atom is 0.387 e. The lowest BCUT2D eigenvalue weighted by molar-refractivity contribution is -0.0495. The fourth-order valence-electron chi connectivity index (χ4n) is 5.59. The number of rotatable bonds is 13. The second-order valence-electron chi connectivity index (χ2n) is 11.5. The molecule has 5 heterocycles. The van der Waals surface area contributed by atoms with Crippen molar-refractivity contribution < 1.29 is 27.4 Å². The number of anilines is 1. The van der Waals surface area contributed by atoms with Crippen LogP contribution in [0.5, 0.6) is 11.5 Å². The number of likely N-dealkylation sites (tertiary alicyclic amines) is 1. The van der Waals surface area contributed by atoms with Crippen molar-refractivity contribution in [2.45, 2.75) is 51.9 Å². The van der Waals surface area contributed by atoms with Crippen LogP contribution in [0.1, 0.15) is 35.9 Å². The topological polar surface area (TPSA) is 146 Å². The number of amides is 1. The Kier molecular flexibility index (Phi) is 9.81. The Morgan fingerprint density at radius 1 is 1.12 bits per heavy atom. The highest BCUT2D eigenvalue weighted by Gasteiger charge is 2.24. The van der Waals surface area contributed by atoms with Gasteiger partial charge < -0.3 is 24.6 Å². The number of benzene rings is 1. The number of nitrogens with zero attached hydrogens (tertiary/aromatic N) is 11. The van der Waals surface area contributed by atoms with Gasteiger partial charge in [-0.15, -0.1) is 10.2 Å². The largest absolute Gasteiger partial charge is 0.461 e. The first-order valence-electron chi connectivity index (χ1n) is 15.4. The number of halogens is 3. The minimum Gasteiger partial charge on any atom is -0.461 e.